The van der Waals surface area contributed by atoms with E-state index in [0.29, 0.717) is 30.2 Å². The number of nitrogens with zero attached hydrogens (tertiary/aromatic N) is 3. The topological polar surface area (TPSA) is 104 Å². The number of carbonyl (C=O) groups excluding carboxylic acids is 2. The Morgan fingerprint density at radius 3 is 2.57 bits per heavy atom. The summed E-state index contributed by atoms with van der Waals surface area (Å²) >= 11 is 1.43. The van der Waals surface area contributed by atoms with E-state index in [4.69, 9.17) is 5.73 Å². The van der Waals surface area contributed by atoms with Gasteiger partial charge in [-0.3, -0.25) is 9.78 Å². The van der Waals surface area contributed by atoms with Gasteiger partial charge in [0.25, 0.3) is 5.91 Å². The Bertz CT molecular complexity index is 845. The number of carbonyl (C=O) groups is 2. The number of likely N-dealkylation sites (N-methyl/N-ethyl adjacent to an activating group) is 1. The Balaban J connectivity index is 1.62. The summed E-state index contributed by atoms with van der Waals surface area (Å²) in [5.41, 5.74) is 8.12. The van der Waals surface area contributed by atoms with Gasteiger partial charge in [-0.2, -0.15) is 0 Å². The molecule has 2 heterocycles. The van der Waals surface area contributed by atoms with Crippen molar-refractivity contribution in [2.24, 2.45) is 0 Å². The molecule has 1 aliphatic carbocycles. The molecule has 0 aromatic carbocycles. The van der Waals surface area contributed by atoms with E-state index in [9.17, 15) is 9.59 Å². The maximum Gasteiger partial charge on any atom is 0.317 e. The molecular formula is C21H30N6O2S. The van der Waals surface area contributed by atoms with Crippen LogP contribution in [0.25, 0.3) is 0 Å². The molecule has 3 amide bonds. The number of pyridine rings is 1. The molecule has 0 bridgehead atoms. The van der Waals surface area contributed by atoms with Crippen LogP contribution in [0.2, 0.25) is 0 Å². The van der Waals surface area contributed by atoms with Gasteiger partial charge in [0, 0.05) is 42.6 Å². The minimum atomic E-state index is -0.310. The molecule has 4 N–H and O–H groups in total. The maximum atomic E-state index is 12.8. The smallest absolute Gasteiger partial charge is 0.317 e. The fourth-order valence-electron chi connectivity index (χ4n) is 3.38. The van der Waals surface area contributed by atoms with Crippen LogP contribution in [0.3, 0.4) is 0 Å². The molecule has 0 saturated heterocycles. The van der Waals surface area contributed by atoms with E-state index in [1.54, 1.807) is 27.9 Å². The molecule has 1 aliphatic rings. The number of urea groups is 1. The highest BCUT2D eigenvalue weighted by molar-refractivity contribution is 7.09. The van der Waals surface area contributed by atoms with Crippen molar-refractivity contribution >= 4 is 34.6 Å². The first-order chi connectivity index (χ1) is 14.4. The second-order valence-corrected chi connectivity index (χ2v) is 8.65. The van der Waals surface area contributed by atoms with Gasteiger partial charge in [0.1, 0.15) is 5.69 Å². The lowest BCUT2D eigenvalue weighted by Crippen LogP contribution is -2.45. The predicted octanol–water partition coefficient (Wildman–Crippen LogP) is 2.99. The van der Waals surface area contributed by atoms with Crippen molar-refractivity contribution in [2.75, 3.05) is 38.2 Å². The molecule has 3 rings (SSSR count). The van der Waals surface area contributed by atoms with Crippen LogP contribution in [0.1, 0.15) is 41.7 Å². The number of amides is 3. The molecule has 0 unspecified atom stereocenters. The van der Waals surface area contributed by atoms with E-state index in [1.807, 2.05) is 20.2 Å². The highest BCUT2D eigenvalue weighted by atomic mass is 32.1. The second-order valence-electron chi connectivity index (χ2n) is 7.90. The van der Waals surface area contributed by atoms with E-state index >= 15 is 0 Å². The van der Waals surface area contributed by atoms with Crippen LogP contribution >= 0.6 is 11.3 Å². The molecule has 2 aromatic heterocycles. The van der Waals surface area contributed by atoms with Gasteiger partial charge in [-0.15, -0.1) is 11.3 Å². The zero-order chi connectivity index (χ0) is 21.5. The quantitative estimate of drug-likeness (QED) is 0.597. The monoisotopic (exact) mass is 430 g/mol. The molecule has 162 valence electrons. The van der Waals surface area contributed by atoms with Gasteiger partial charge in [0.2, 0.25) is 0 Å². The highest BCUT2D eigenvalue weighted by Crippen LogP contribution is 2.23. The number of hydrogen-bond acceptors (Lipinski definition) is 6. The molecule has 0 aliphatic heterocycles. The standard InChI is InChI=1S/C21H30N6O2S/c1-26(2)9-10-27(21(29)24-16-5-3-4-6-16)12-15-7-8-18(23-11-15)20(28)25-19-14-30-13-17(19)22/h7-8,11,13-14,16H,3-6,9-10,12,22H2,1-2H3,(H,24,29)(H,25,28). The summed E-state index contributed by atoms with van der Waals surface area (Å²) in [4.78, 5) is 33.3. The fourth-order valence-corrected chi connectivity index (χ4v) is 4.05. The SMILES string of the molecule is CN(C)CCN(Cc1ccc(C(=O)Nc2cscc2N)nc1)C(=O)NC1CCCC1. The fraction of sp³-hybridized carbons (Fsp3) is 0.476. The summed E-state index contributed by atoms with van der Waals surface area (Å²) in [6.45, 7) is 1.83. The number of nitrogens with one attached hydrogen (secondary N) is 2. The lowest BCUT2D eigenvalue weighted by atomic mass is 10.2. The van der Waals surface area contributed by atoms with Crippen LogP contribution in [0.5, 0.6) is 0 Å². The first kappa shape index (κ1) is 22.0. The summed E-state index contributed by atoms with van der Waals surface area (Å²) in [7, 11) is 3.98. The third kappa shape index (κ3) is 6.17. The number of anilines is 2. The first-order valence-electron chi connectivity index (χ1n) is 10.2. The molecule has 0 spiro atoms. The van der Waals surface area contributed by atoms with Crippen molar-refractivity contribution in [3.8, 4) is 0 Å². The summed E-state index contributed by atoms with van der Waals surface area (Å²) in [6, 6.07) is 3.74. The third-order valence-electron chi connectivity index (χ3n) is 5.16. The average molecular weight is 431 g/mol. The Kier molecular flexibility index (Phi) is 7.64. The van der Waals surface area contributed by atoms with Crippen LogP contribution in [0.15, 0.2) is 29.1 Å². The number of thiophene rings is 1. The van der Waals surface area contributed by atoms with Crippen molar-refractivity contribution in [1.29, 1.82) is 0 Å². The van der Waals surface area contributed by atoms with E-state index in [-0.39, 0.29) is 18.0 Å². The molecule has 8 nitrogen and oxygen atoms in total. The molecule has 1 saturated carbocycles. The largest absolute Gasteiger partial charge is 0.396 e. The van der Waals surface area contributed by atoms with Gasteiger partial charge < -0.3 is 26.2 Å². The summed E-state index contributed by atoms with van der Waals surface area (Å²) in [5, 5.41) is 9.47. The van der Waals surface area contributed by atoms with Gasteiger partial charge in [0.15, 0.2) is 0 Å². The minimum Gasteiger partial charge on any atom is -0.396 e. The Morgan fingerprint density at radius 1 is 1.20 bits per heavy atom. The van der Waals surface area contributed by atoms with Gasteiger partial charge in [-0.25, -0.2) is 4.79 Å². The minimum absolute atomic E-state index is 0.0431. The first-order valence-corrected chi connectivity index (χ1v) is 11.1. The lowest BCUT2D eigenvalue weighted by molar-refractivity contribution is 0.102. The Labute approximate surface area is 181 Å². The van der Waals surface area contributed by atoms with Crippen molar-refractivity contribution in [2.45, 2.75) is 38.3 Å². The maximum absolute atomic E-state index is 12.8. The molecule has 0 radical (unpaired) electrons. The summed E-state index contributed by atoms with van der Waals surface area (Å²) < 4.78 is 0. The molecule has 1 fully saturated rings. The molecule has 9 heteroatoms. The number of nitrogen functional groups attached to an aromatic ring is 1. The number of nitrogens with two attached hydrogens (primary N) is 1. The van der Waals surface area contributed by atoms with E-state index in [1.165, 1.54) is 24.2 Å². The van der Waals surface area contributed by atoms with E-state index < -0.39 is 0 Å². The molecule has 0 atom stereocenters. The van der Waals surface area contributed by atoms with Crippen LogP contribution in [-0.4, -0.2) is 59.9 Å². The van der Waals surface area contributed by atoms with Gasteiger partial charge in [0.05, 0.1) is 11.4 Å². The van der Waals surface area contributed by atoms with Crippen molar-refractivity contribution < 1.29 is 9.59 Å². The van der Waals surface area contributed by atoms with Gasteiger partial charge in [-0.1, -0.05) is 18.9 Å². The normalized spacial score (nSPS) is 14.1. The molecule has 2 aromatic rings. The zero-order valence-corrected chi connectivity index (χ0v) is 18.4. The van der Waals surface area contributed by atoms with Gasteiger partial charge in [-0.05, 0) is 38.6 Å². The van der Waals surface area contributed by atoms with Crippen molar-refractivity contribution in [1.82, 2.24) is 20.1 Å². The second kappa shape index (κ2) is 10.4. The number of hydrogen-bond donors (Lipinski definition) is 3. The van der Waals surface area contributed by atoms with Crippen LogP contribution < -0.4 is 16.4 Å². The van der Waals surface area contributed by atoms with Crippen LogP contribution in [-0.2, 0) is 6.54 Å². The van der Waals surface area contributed by atoms with Crippen molar-refractivity contribution in [3.63, 3.8) is 0 Å². The predicted molar refractivity (Wildman–Crippen MR) is 121 cm³/mol. The lowest BCUT2D eigenvalue weighted by Gasteiger charge is -2.26. The van der Waals surface area contributed by atoms with Gasteiger partial charge >= 0.3 is 6.03 Å². The highest BCUT2D eigenvalue weighted by Gasteiger charge is 2.21. The zero-order valence-electron chi connectivity index (χ0n) is 17.6. The Hall–Kier alpha value is -2.65. The Morgan fingerprint density at radius 2 is 1.97 bits per heavy atom. The average Bonchev–Trinajstić information content (AvgIpc) is 3.37. The van der Waals surface area contributed by atoms with E-state index in [0.717, 1.165) is 24.9 Å². The third-order valence-corrected chi connectivity index (χ3v) is 5.92. The summed E-state index contributed by atoms with van der Waals surface area (Å²) in [6.07, 6.45) is 6.10. The van der Waals surface area contributed by atoms with Crippen LogP contribution in [0, 0.1) is 0 Å². The molecule has 30 heavy (non-hydrogen) atoms. The summed E-state index contributed by atoms with van der Waals surface area (Å²) in [5.74, 6) is -0.310. The van der Waals surface area contributed by atoms with Crippen LogP contribution in [0.4, 0.5) is 16.2 Å². The van der Waals surface area contributed by atoms with Crippen molar-refractivity contribution in [3.05, 3.63) is 40.3 Å². The molecular weight excluding hydrogens is 400 g/mol. The number of rotatable bonds is 8. The van der Waals surface area contributed by atoms with E-state index in [2.05, 4.69) is 20.5 Å². The number of aromatic nitrogens is 1.